The number of hydrogen-bond donors (Lipinski definition) is 1. The van der Waals surface area contributed by atoms with Crippen molar-refractivity contribution in [3.05, 3.63) is 53.6 Å². The fourth-order valence-corrected chi connectivity index (χ4v) is 1.61. The van der Waals surface area contributed by atoms with Crippen LogP contribution in [-0.4, -0.2) is 11.1 Å². The first-order chi connectivity index (χ1) is 8.20. The number of carbonyl (C=O) groups is 1. The van der Waals surface area contributed by atoms with Crippen molar-refractivity contribution in [1.82, 2.24) is 0 Å². The van der Waals surface area contributed by atoms with Gasteiger partial charge < -0.3 is 5.11 Å². The molecule has 0 bridgehead atoms. The van der Waals surface area contributed by atoms with Gasteiger partial charge in [0.1, 0.15) is 11.6 Å². The lowest BCUT2D eigenvalue weighted by atomic mass is 10.1. The predicted octanol–water partition coefficient (Wildman–Crippen LogP) is 2.83. The van der Waals surface area contributed by atoms with Gasteiger partial charge in [-0.2, -0.15) is 5.26 Å². The fourth-order valence-electron chi connectivity index (χ4n) is 1.61. The molecule has 3 nitrogen and oxygen atoms in total. The third kappa shape index (κ3) is 2.32. The molecule has 0 amide bonds. The van der Waals surface area contributed by atoms with Gasteiger partial charge in [0, 0.05) is 0 Å². The molecule has 0 saturated carbocycles. The molecule has 0 saturated heterocycles. The second kappa shape index (κ2) is 4.50. The van der Waals surface area contributed by atoms with E-state index < -0.39 is 5.97 Å². The largest absolute Gasteiger partial charge is 0.477 e. The molecule has 0 atom stereocenters. The van der Waals surface area contributed by atoms with Crippen LogP contribution in [0.4, 0.5) is 0 Å². The van der Waals surface area contributed by atoms with Gasteiger partial charge in [-0.15, -0.1) is 0 Å². The van der Waals surface area contributed by atoms with Gasteiger partial charge in [0.25, 0.3) is 0 Å². The van der Waals surface area contributed by atoms with E-state index in [1.54, 1.807) is 12.1 Å². The van der Waals surface area contributed by atoms with E-state index in [2.05, 4.69) is 0 Å². The predicted molar refractivity (Wildman–Crippen MR) is 65.2 cm³/mol. The average Bonchev–Trinajstić information content (AvgIpc) is 2.35. The standard InChI is InChI=1S/C14H9NO2/c15-9-13(14(16)17)8-10-5-6-11-3-1-2-4-12(11)7-10/h1-8H,(H,16,17)/b13-8+. The Balaban J connectivity index is 2.51. The van der Waals surface area contributed by atoms with Gasteiger partial charge >= 0.3 is 5.97 Å². The number of fused-ring (bicyclic) bond motifs is 1. The Hall–Kier alpha value is -2.60. The van der Waals surface area contributed by atoms with E-state index in [9.17, 15) is 4.79 Å². The number of carboxylic acid groups (broad SMARTS) is 1. The average molecular weight is 223 g/mol. The normalized spacial score (nSPS) is 11.1. The maximum atomic E-state index is 10.7. The first-order valence-corrected chi connectivity index (χ1v) is 5.04. The van der Waals surface area contributed by atoms with Crippen LogP contribution in [-0.2, 0) is 4.79 Å². The third-order valence-electron chi connectivity index (χ3n) is 2.44. The Bertz CT molecular complexity index is 651. The molecule has 0 aromatic heterocycles. The van der Waals surface area contributed by atoms with Crippen molar-refractivity contribution in [2.75, 3.05) is 0 Å². The summed E-state index contributed by atoms with van der Waals surface area (Å²) in [6.07, 6.45) is 1.37. The van der Waals surface area contributed by atoms with Gasteiger partial charge in [-0.05, 0) is 28.5 Å². The van der Waals surface area contributed by atoms with Crippen LogP contribution in [0, 0.1) is 11.3 Å². The zero-order chi connectivity index (χ0) is 12.3. The number of hydrogen-bond acceptors (Lipinski definition) is 2. The van der Waals surface area contributed by atoms with Crippen molar-refractivity contribution in [1.29, 1.82) is 5.26 Å². The van der Waals surface area contributed by atoms with Gasteiger partial charge in [0.2, 0.25) is 0 Å². The van der Waals surface area contributed by atoms with E-state index in [4.69, 9.17) is 10.4 Å². The summed E-state index contributed by atoms with van der Waals surface area (Å²) >= 11 is 0. The van der Waals surface area contributed by atoms with Crippen molar-refractivity contribution < 1.29 is 9.90 Å². The van der Waals surface area contributed by atoms with Crippen molar-refractivity contribution in [2.24, 2.45) is 0 Å². The Labute approximate surface area is 98.2 Å². The highest BCUT2D eigenvalue weighted by molar-refractivity contribution is 5.97. The molecule has 0 aliphatic heterocycles. The molecule has 2 aromatic rings. The summed E-state index contributed by atoms with van der Waals surface area (Å²) in [6, 6.07) is 15.0. The van der Waals surface area contributed by atoms with Crippen LogP contribution in [0.25, 0.3) is 16.8 Å². The zero-order valence-corrected chi connectivity index (χ0v) is 8.92. The molecule has 3 heteroatoms. The molecule has 0 heterocycles. The molecular weight excluding hydrogens is 214 g/mol. The topological polar surface area (TPSA) is 61.1 Å². The quantitative estimate of drug-likeness (QED) is 0.629. The molecule has 1 N–H and O–H groups in total. The SMILES string of the molecule is N#C/C(=C\c1ccc2ccccc2c1)C(=O)O. The number of benzene rings is 2. The maximum Gasteiger partial charge on any atom is 0.346 e. The zero-order valence-electron chi connectivity index (χ0n) is 8.92. The summed E-state index contributed by atoms with van der Waals surface area (Å²) in [7, 11) is 0. The van der Waals surface area contributed by atoms with Crippen LogP contribution in [0.5, 0.6) is 0 Å². The van der Waals surface area contributed by atoms with E-state index in [-0.39, 0.29) is 5.57 Å². The number of nitriles is 1. The fraction of sp³-hybridized carbons (Fsp3) is 0. The number of carboxylic acids is 1. The van der Waals surface area contributed by atoms with Crippen LogP contribution in [0.15, 0.2) is 48.0 Å². The summed E-state index contributed by atoms with van der Waals surface area (Å²) in [4.78, 5) is 10.7. The highest BCUT2D eigenvalue weighted by atomic mass is 16.4. The summed E-state index contributed by atoms with van der Waals surface area (Å²) in [5.74, 6) is -1.21. The minimum Gasteiger partial charge on any atom is -0.477 e. The van der Waals surface area contributed by atoms with E-state index in [1.807, 2.05) is 36.4 Å². The number of aliphatic carboxylic acids is 1. The molecule has 82 valence electrons. The van der Waals surface area contributed by atoms with Gasteiger partial charge in [0.05, 0.1) is 0 Å². The van der Waals surface area contributed by atoms with Crippen molar-refractivity contribution in [3.8, 4) is 6.07 Å². The maximum absolute atomic E-state index is 10.7. The minimum absolute atomic E-state index is 0.264. The molecule has 0 unspecified atom stereocenters. The highest BCUT2D eigenvalue weighted by Gasteiger charge is 2.05. The van der Waals surface area contributed by atoms with Gasteiger partial charge in [-0.1, -0.05) is 36.4 Å². The Morgan fingerprint density at radius 3 is 2.53 bits per heavy atom. The van der Waals surface area contributed by atoms with E-state index >= 15 is 0 Å². The Morgan fingerprint density at radius 1 is 1.18 bits per heavy atom. The van der Waals surface area contributed by atoms with Crippen LogP contribution in [0.2, 0.25) is 0 Å². The van der Waals surface area contributed by atoms with E-state index in [0.29, 0.717) is 5.56 Å². The van der Waals surface area contributed by atoms with Crippen LogP contribution < -0.4 is 0 Å². The second-order valence-corrected chi connectivity index (χ2v) is 3.58. The molecule has 2 aromatic carbocycles. The first-order valence-electron chi connectivity index (χ1n) is 5.04. The third-order valence-corrected chi connectivity index (χ3v) is 2.44. The van der Waals surface area contributed by atoms with Gasteiger partial charge in [-0.25, -0.2) is 4.79 Å². The van der Waals surface area contributed by atoms with Crippen molar-refractivity contribution >= 4 is 22.8 Å². The summed E-state index contributed by atoms with van der Waals surface area (Å²) in [5, 5.41) is 19.5. The highest BCUT2D eigenvalue weighted by Crippen LogP contribution is 2.17. The van der Waals surface area contributed by atoms with Gasteiger partial charge in [-0.3, -0.25) is 0 Å². The van der Waals surface area contributed by atoms with Gasteiger partial charge in [0.15, 0.2) is 0 Å². The van der Waals surface area contributed by atoms with Crippen molar-refractivity contribution in [3.63, 3.8) is 0 Å². The molecule has 0 aliphatic rings. The lowest BCUT2D eigenvalue weighted by Gasteiger charge is -1.99. The lowest BCUT2D eigenvalue weighted by Crippen LogP contribution is -1.97. The number of nitrogens with zero attached hydrogens (tertiary/aromatic N) is 1. The molecule has 0 aliphatic carbocycles. The van der Waals surface area contributed by atoms with Crippen LogP contribution in [0.1, 0.15) is 5.56 Å². The smallest absolute Gasteiger partial charge is 0.346 e. The Morgan fingerprint density at radius 2 is 1.88 bits per heavy atom. The first kappa shape index (κ1) is 10.9. The number of rotatable bonds is 2. The van der Waals surface area contributed by atoms with E-state index in [1.165, 1.54) is 6.08 Å². The lowest BCUT2D eigenvalue weighted by molar-refractivity contribution is -0.132. The molecule has 2 rings (SSSR count). The Kier molecular flexibility index (Phi) is 2.89. The molecular formula is C14H9NO2. The molecule has 0 fully saturated rings. The monoisotopic (exact) mass is 223 g/mol. The van der Waals surface area contributed by atoms with Crippen molar-refractivity contribution in [2.45, 2.75) is 0 Å². The summed E-state index contributed by atoms with van der Waals surface area (Å²) < 4.78 is 0. The van der Waals surface area contributed by atoms with Crippen LogP contribution >= 0.6 is 0 Å². The summed E-state index contributed by atoms with van der Waals surface area (Å²) in [5.41, 5.74) is 0.447. The second-order valence-electron chi connectivity index (χ2n) is 3.58. The van der Waals surface area contributed by atoms with Crippen LogP contribution in [0.3, 0.4) is 0 Å². The van der Waals surface area contributed by atoms with E-state index in [0.717, 1.165) is 10.8 Å². The molecule has 0 radical (unpaired) electrons. The minimum atomic E-state index is -1.21. The molecule has 0 spiro atoms. The summed E-state index contributed by atoms with van der Waals surface area (Å²) in [6.45, 7) is 0. The molecule has 17 heavy (non-hydrogen) atoms.